The monoisotopic (exact) mass is 421 g/mol. The van der Waals surface area contributed by atoms with Crippen molar-refractivity contribution < 1.29 is 26.9 Å². The van der Waals surface area contributed by atoms with Crippen molar-refractivity contribution >= 4 is 39.7 Å². The molecule has 7 nitrogen and oxygen atoms in total. The molecule has 0 unspecified atom stereocenters. The summed E-state index contributed by atoms with van der Waals surface area (Å²) in [5.41, 5.74) is 1.22. The molecule has 28 heavy (non-hydrogen) atoms. The summed E-state index contributed by atoms with van der Waals surface area (Å²) in [6.45, 7) is 1.99. The van der Waals surface area contributed by atoms with E-state index in [1.807, 2.05) is 18.2 Å². The predicted octanol–water partition coefficient (Wildman–Crippen LogP) is 3.42. The molecular formula is C19H16ClNO6S. The normalized spacial score (nSPS) is 15.3. The average Bonchev–Trinajstić information content (AvgIpc) is 2.99. The van der Waals surface area contributed by atoms with Gasteiger partial charge in [-0.15, -0.1) is 0 Å². The van der Waals surface area contributed by atoms with E-state index in [9.17, 15) is 13.2 Å². The summed E-state index contributed by atoms with van der Waals surface area (Å²) in [4.78, 5) is 16.4. The fourth-order valence-corrected chi connectivity index (χ4v) is 3.22. The van der Waals surface area contributed by atoms with Gasteiger partial charge in [0.25, 0.3) is 0 Å². The average molecular weight is 422 g/mol. The maximum Gasteiger partial charge on any atom is 0.363 e. The number of carbonyl (C=O) groups is 1. The Morgan fingerprint density at radius 3 is 2.57 bits per heavy atom. The van der Waals surface area contributed by atoms with Crippen molar-refractivity contribution in [2.45, 2.75) is 6.92 Å². The van der Waals surface area contributed by atoms with Crippen LogP contribution in [0.1, 0.15) is 18.1 Å². The zero-order valence-corrected chi connectivity index (χ0v) is 16.6. The number of esters is 1. The number of carbonyl (C=O) groups excluding carboxylic acids is 1. The molecule has 0 aliphatic carbocycles. The summed E-state index contributed by atoms with van der Waals surface area (Å²) in [6, 6.07) is 12.0. The third-order valence-electron chi connectivity index (χ3n) is 3.51. The molecule has 0 saturated heterocycles. The van der Waals surface area contributed by atoms with Crippen LogP contribution in [-0.4, -0.2) is 33.1 Å². The number of hydrogen-bond acceptors (Lipinski definition) is 7. The number of rotatable bonds is 6. The fourth-order valence-electron chi connectivity index (χ4n) is 2.44. The van der Waals surface area contributed by atoms with Crippen molar-refractivity contribution in [3.05, 3.63) is 64.3 Å². The van der Waals surface area contributed by atoms with Crippen molar-refractivity contribution in [1.29, 1.82) is 0 Å². The second-order valence-electron chi connectivity index (χ2n) is 5.75. The molecule has 146 valence electrons. The lowest BCUT2D eigenvalue weighted by Gasteiger charge is -2.12. The van der Waals surface area contributed by atoms with Gasteiger partial charge >= 0.3 is 16.1 Å². The summed E-state index contributed by atoms with van der Waals surface area (Å²) >= 11 is 6.17. The lowest BCUT2D eigenvalue weighted by atomic mass is 10.1. The van der Waals surface area contributed by atoms with Crippen LogP contribution in [0.15, 0.2) is 53.2 Å². The Labute approximate surface area is 167 Å². The van der Waals surface area contributed by atoms with Gasteiger partial charge in [0.05, 0.1) is 17.9 Å². The molecule has 2 aromatic rings. The van der Waals surface area contributed by atoms with Crippen molar-refractivity contribution in [3.63, 3.8) is 0 Å². The van der Waals surface area contributed by atoms with Gasteiger partial charge in [-0.2, -0.15) is 8.42 Å². The highest BCUT2D eigenvalue weighted by Gasteiger charge is 2.24. The van der Waals surface area contributed by atoms with Crippen molar-refractivity contribution in [3.8, 4) is 11.5 Å². The van der Waals surface area contributed by atoms with E-state index >= 15 is 0 Å². The molecule has 9 heteroatoms. The molecule has 2 aromatic carbocycles. The molecule has 1 aliphatic heterocycles. The van der Waals surface area contributed by atoms with Gasteiger partial charge in [-0.1, -0.05) is 29.8 Å². The number of aliphatic imine (C=N–C) groups is 1. The van der Waals surface area contributed by atoms with Gasteiger partial charge in [-0.05, 0) is 42.8 Å². The summed E-state index contributed by atoms with van der Waals surface area (Å²) in [5, 5.41) is 0.0156. The molecule has 0 fully saturated rings. The first-order valence-electron chi connectivity index (χ1n) is 8.20. The lowest BCUT2D eigenvalue weighted by molar-refractivity contribution is -0.129. The van der Waals surface area contributed by atoms with Crippen molar-refractivity contribution in [2.24, 2.45) is 4.99 Å². The van der Waals surface area contributed by atoms with Crippen LogP contribution in [0.5, 0.6) is 11.5 Å². The number of halogens is 1. The van der Waals surface area contributed by atoms with Gasteiger partial charge in [0.1, 0.15) is 0 Å². The first-order chi connectivity index (χ1) is 13.3. The van der Waals surface area contributed by atoms with Gasteiger partial charge in [-0.25, -0.2) is 9.79 Å². The lowest BCUT2D eigenvalue weighted by Crippen LogP contribution is -2.08. The second kappa shape index (κ2) is 8.04. The molecule has 0 N–H and O–H groups in total. The highest BCUT2D eigenvalue weighted by Crippen LogP contribution is 2.38. The molecule has 1 heterocycles. The van der Waals surface area contributed by atoms with E-state index in [-0.39, 0.29) is 34.7 Å². The van der Waals surface area contributed by atoms with E-state index in [0.29, 0.717) is 11.1 Å². The summed E-state index contributed by atoms with van der Waals surface area (Å²) in [5.74, 6) is -0.393. The number of cyclic esters (lactones) is 1. The Hall–Kier alpha value is -2.84. The van der Waals surface area contributed by atoms with Crippen LogP contribution in [0, 0.1) is 0 Å². The number of nitrogens with zero attached hydrogens (tertiary/aromatic N) is 1. The van der Waals surface area contributed by atoms with Gasteiger partial charge in [0.15, 0.2) is 11.4 Å². The number of hydrogen-bond donors (Lipinski definition) is 0. The van der Waals surface area contributed by atoms with E-state index < -0.39 is 16.1 Å². The fraction of sp³-hybridized carbons (Fsp3) is 0.158. The van der Waals surface area contributed by atoms with E-state index in [1.165, 1.54) is 18.2 Å². The molecular weight excluding hydrogens is 406 g/mol. The second-order valence-corrected chi connectivity index (χ2v) is 7.73. The van der Waals surface area contributed by atoms with Crippen LogP contribution < -0.4 is 8.92 Å². The summed E-state index contributed by atoms with van der Waals surface area (Å²) in [7, 11) is -3.80. The van der Waals surface area contributed by atoms with Gasteiger partial charge in [0, 0.05) is 5.56 Å². The van der Waals surface area contributed by atoms with Crippen LogP contribution in [0.2, 0.25) is 5.02 Å². The molecule has 0 bridgehead atoms. The Balaban J connectivity index is 1.99. The Kier molecular flexibility index (Phi) is 5.71. The molecule has 1 aliphatic rings. The van der Waals surface area contributed by atoms with Crippen LogP contribution in [-0.2, 0) is 19.6 Å². The van der Waals surface area contributed by atoms with E-state index in [4.69, 9.17) is 25.3 Å². The van der Waals surface area contributed by atoms with Crippen LogP contribution in [0.25, 0.3) is 6.08 Å². The van der Waals surface area contributed by atoms with Gasteiger partial charge in [0.2, 0.25) is 11.6 Å². The predicted molar refractivity (Wildman–Crippen MR) is 105 cm³/mol. The molecule has 0 aromatic heterocycles. The third kappa shape index (κ3) is 4.71. The highest BCUT2D eigenvalue weighted by molar-refractivity contribution is 7.86. The molecule has 0 amide bonds. The quantitative estimate of drug-likeness (QED) is 0.403. The number of ether oxygens (including phenoxy) is 2. The third-order valence-corrected chi connectivity index (χ3v) is 4.26. The standard InChI is InChI=1S/C19H16ClNO6S/c1-3-25-16-11-12(9-14(20)17(16)27-28(2,23)24)10-15-19(22)26-18(21-15)13-7-5-4-6-8-13/h4-11H,3H2,1-2H3. The summed E-state index contributed by atoms with van der Waals surface area (Å²) < 4.78 is 38.5. The minimum atomic E-state index is -3.80. The molecule has 0 spiro atoms. The zero-order valence-electron chi connectivity index (χ0n) is 15.0. The van der Waals surface area contributed by atoms with Crippen molar-refractivity contribution in [1.82, 2.24) is 0 Å². The van der Waals surface area contributed by atoms with Gasteiger partial charge < -0.3 is 13.7 Å². The van der Waals surface area contributed by atoms with Crippen LogP contribution in [0.4, 0.5) is 0 Å². The maximum absolute atomic E-state index is 12.1. The molecule has 3 rings (SSSR count). The van der Waals surface area contributed by atoms with E-state index in [2.05, 4.69) is 4.99 Å². The van der Waals surface area contributed by atoms with Crippen LogP contribution >= 0.6 is 11.6 Å². The minimum absolute atomic E-state index is 0.0156. The van der Waals surface area contributed by atoms with E-state index in [1.54, 1.807) is 19.1 Å². The Bertz CT molecular complexity index is 1080. The molecule has 0 radical (unpaired) electrons. The van der Waals surface area contributed by atoms with Crippen molar-refractivity contribution in [2.75, 3.05) is 12.9 Å². The first-order valence-corrected chi connectivity index (χ1v) is 10.4. The first kappa shape index (κ1) is 19.9. The Morgan fingerprint density at radius 1 is 1.21 bits per heavy atom. The van der Waals surface area contributed by atoms with E-state index in [0.717, 1.165) is 6.26 Å². The minimum Gasteiger partial charge on any atom is -0.490 e. The largest absolute Gasteiger partial charge is 0.490 e. The molecule has 0 saturated carbocycles. The highest BCUT2D eigenvalue weighted by atomic mass is 35.5. The smallest absolute Gasteiger partial charge is 0.363 e. The molecule has 0 atom stereocenters. The van der Waals surface area contributed by atoms with Crippen LogP contribution in [0.3, 0.4) is 0 Å². The number of benzene rings is 2. The maximum atomic E-state index is 12.1. The Morgan fingerprint density at radius 2 is 1.93 bits per heavy atom. The van der Waals surface area contributed by atoms with Gasteiger partial charge in [-0.3, -0.25) is 0 Å². The summed E-state index contributed by atoms with van der Waals surface area (Å²) in [6.07, 6.45) is 2.38. The zero-order chi connectivity index (χ0) is 20.3. The topological polar surface area (TPSA) is 91.3 Å². The SMILES string of the molecule is CCOc1cc(C=C2N=C(c3ccccc3)OC2=O)cc(Cl)c1OS(C)(=O)=O.